The Morgan fingerprint density at radius 3 is 2.80 bits per heavy atom. The molecule has 6 bridgehead atoms. The van der Waals surface area contributed by atoms with Crippen molar-refractivity contribution in [2.75, 3.05) is 20.3 Å². The molecule has 0 unspecified atom stereocenters. The Labute approximate surface area is 302 Å². The van der Waals surface area contributed by atoms with Gasteiger partial charge < -0.3 is 19.4 Å². The minimum Gasteiger partial charge on any atom is -0.464 e. The van der Waals surface area contributed by atoms with Crippen LogP contribution in [0.15, 0.2) is 54.1 Å². The third-order valence-corrected chi connectivity index (χ3v) is 11.2. The van der Waals surface area contributed by atoms with E-state index < -0.39 is 23.5 Å². The summed E-state index contributed by atoms with van der Waals surface area (Å²) in [6, 6.07) is 8.81. The Morgan fingerprint density at radius 1 is 1.25 bits per heavy atom. The standard InChI is InChI=1S/C39H46N6O5S/c1-7-44-32-13-12-24-17-27(32)28(35(44)25-10-8-14-40-34(25)23(3)49-6)19-39(4,5)21-50-38(48)29-11-9-15-45(43-29)37(47)30(18-33-41-31(24)20-51-33)42-36(46)26-16-22(26)2/h8-14,17,20,22-23,26,29-30,43H,7,15-16,18-19,21H2,1-6H3,(H,42,46)/t22-,23-,26-,29-,30-/m0/s1. The quantitative estimate of drug-likeness (QED) is 0.195. The lowest BCUT2D eigenvalue weighted by Crippen LogP contribution is -2.59. The van der Waals surface area contributed by atoms with E-state index in [9.17, 15) is 14.4 Å². The van der Waals surface area contributed by atoms with Crippen molar-refractivity contribution in [1.29, 1.82) is 0 Å². The van der Waals surface area contributed by atoms with E-state index in [1.54, 1.807) is 25.5 Å². The molecular weight excluding hydrogens is 665 g/mol. The molecular formula is C39H46N6O5S. The topological polar surface area (TPSA) is 128 Å². The van der Waals surface area contributed by atoms with Crippen molar-refractivity contribution in [2.24, 2.45) is 17.3 Å². The number of ether oxygens (including phenoxy) is 2. The van der Waals surface area contributed by atoms with Gasteiger partial charge in [0.05, 0.1) is 41.3 Å². The molecule has 2 amide bonds. The molecule has 0 saturated heterocycles. The first-order valence-electron chi connectivity index (χ1n) is 17.8. The highest BCUT2D eigenvalue weighted by atomic mass is 32.1. The summed E-state index contributed by atoms with van der Waals surface area (Å²) in [5.74, 6) is -0.733. The fraction of sp³-hybridized carbons (Fsp3) is 0.462. The fourth-order valence-electron chi connectivity index (χ4n) is 7.26. The monoisotopic (exact) mass is 710 g/mol. The lowest BCUT2D eigenvalue weighted by Gasteiger charge is -2.33. The highest BCUT2D eigenvalue weighted by Crippen LogP contribution is 2.42. The molecule has 1 aliphatic carbocycles. The number of carbonyl (C=O) groups excluding carboxylic acids is 3. The number of esters is 1. The van der Waals surface area contributed by atoms with E-state index in [0.29, 0.717) is 12.3 Å². The molecule has 0 spiro atoms. The number of rotatable bonds is 6. The highest BCUT2D eigenvalue weighted by molar-refractivity contribution is 7.10. The van der Waals surface area contributed by atoms with Crippen LogP contribution in [-0.4, -0.2) is 69.7 Å². The zero-order valence-electron chi connectivity index (χ0n) is 30.1. The molecule has 268 valence electrons. The summed E-state index contributed by atoms with van der Waals surface area (Å²) in [6.07, 6.45) is 6.73. The number of methoxy groups -OCH3 is 1. The van der Waals surface area contributed by atoms with Gasteiger partial charge in [0.25, 0.3) is 5.91 Å². The number of nitrogens with one attached hydrogen (secondary N) is 2. The third-order valence-electron chi connectivity index (χ3n) is 10.3. The molecule has 1 fully saturated rings. The summed E-state index contributed by atoms with van der Waals surface area (Å²) >= 11 is 1.47. The summed E-state index contributed by atoms with van der Waals surface area (Å²) in [6.45, 7) is 11.5. The minimum absolute atomic E-state index is 0.0975. The molecule has 2 N–H and O–H groups in total. The largest absolute Gasteiger partial charge is 0.464 e. The number of hydrogen-bond donors (Lipinski definition) is 2. The molecule has 3 aromatic heterocycles. The molecule has 1 aromatic carbocycles. The molecule has 1 saturated carbocycles. The number of thiazole rings is 1. The summed E-state index contributed by atoms with van der Waals surface area (Å²) in [5.41, 5.74) is 9.50. The van der Waals surface area contributed by atoms with Crippen LogP contribution in [0.5, 0.6) is 0 Å². The molecule has 5 atom stereocenters. The first-order chi connectivity index (χ1) is 24.5. The van der Waals surface area contributed by atoms with Crippen molar-refractivity contribution in [3.63, 3.8) is 0 Å². The summed E-state index contributed by atoms with van der Waals surface area (Å²) in [7, 11) is 1.69. The number of aryl methyl sites for hydroxylation is 1. The van der Waals surface area contributed by atoms with Crippen LogP contribution >= 0.6 is 11.3 Å². The maximum absolute atomic E-state index is 14.0. The van der Waals surface area contributed by atoms with Crippen LogP contribution in [0, 0.1) is 17.3 Å². The van der Waals surface area contributed by atoms with E-state index in [1.165, 1.54) is 16.3 Å². The summed E-state index contributed by atoms with van der Waals surface area (Å²) < 4.78 is 14.1. The van der Waals surface area contributed by atoms with Gasteiger partial charge in [-0.25, -0.2) is 15.2 Å². The molecule has 7 rings (SSSR count). The first-order valence-corrected chi connectivity index (χ1v) is 18.6. The highest BCUT2D eigenvalue weighted by Gasteiger charge is 2.41. The van der Waals surface area contributed by atoms with Crippen LogP contribution in [0.3, 0.4) is 0 Å². The normalized spacial score (nSPS) is 23.8. The fourth-order valence-corrected chi connectivity index (χ4v) is 8.11. The predicted octanol–water partition coefficient (Wildman–Crippen LogP) is 5.63. The number of benzene rings is 1. The number of hydrazine groups is 1. The third kappa shape index (κ3) is 6.96. The van der Waals surface area contributed by atoms with Crippen molar-refractivity contribution < 1.29 is 23.9 Å². The zero-order valence-corrected chi connectivity index (χ0v) is 30.9. The van der Waals surface area contributed by atoms with Gasteiger partial charge in [-0.1, -0.05) is 39.0 Å². The number of cyclic esters (lactones) is 1. The van der Waals surface area contributed by atoms with Crippen LogP contribution in [-0.2, 0) is 43.2 Å². The van der Waals surface area contributed by atoms with E-state index in [0.717, 1.165) is 62.6 Å². The van der Waals surface area contributed by atoms with Crippen LogP contribution in [0.25, 0.3) is 33.4 Å². The maximum atomic E-state index is 14.0. The van der Waals surface area contributed by atoms with Crippen molar-refractivity contribution in [1.82, 2.24) is 30.3 Å². The Morgan fingerprint density at radius 2 is 2.06 bits per heavy atom. The molecule has 51 heavy (non-hydrogen) atoms. The molecule has 12 heteroatoms. The van der Waals surface area contributed by atoms with E-state index in [4.69, 9.17) is 19.4 Å². The molecule has 0 radical (unpaired) electrons. The Hall–Kier alpha value is -4.39. The van der Waals surface area contributed by atoms with Gasteiger partial charge in [-0.15, -0.1) is 11.3 Å². The maximum Gasteiger partial charge on any atom is 0.328 e. The average molecular weight is 711 g/mol. The number of pyridine rings is 1. The van der Waals surface area contributed by atoms with Crippen LogP contribution in [0.1, 0.15) is 63.4 Å². The minimum atomic E-state index is -0.851. The SMILES string of the molecule is CCn1c(-c2cccnc2[C@H](C)OC)c2c3cc(ccc31)-c1csc(n1)C[C@H](NC(=O)[C@H]1C[C@@H]1C)C(=O)N1CC=C[C@H](N1)C(=O)OCC(C)(C)C2. The number of aromatic nitrogens is 3. The zero-order chi connectivity index (χ0) is 36.0. The van der Waals surface area contributed by atoms with Gasteiger partial charge in [0.1, 0.15) is 12.1 Å². The van der Waals surface area contributed by atoms with E-state index >= 15 is 0 Å². The van der Waals surface area contributed by atoms with Crippen molar-refractivity contribution in [3.8, 4) is 22.5 Å². The lowest BCUT2D eigenvalue weighted by atomic mass is 9.84. The smallest absolute Gasteiger partial charge is 0.328 e. The Bertz CT molecular complexity index is 2020. The molecule has 4 aromatic rings. The number of hydrogen-bond acceptors (Lipinski definition) is 9. The van der Waals surface area contributed by atoms with Crippen molar-refractivity contribution in [2.45, 2.75) is 78.6 Å². The second-order valence-electron chi connectivity index (χ2n) is 14.8. The van der Waals surface area contributed by atoms with E-state index in [-0.39, 0.29) is 43.4 Å². The van der Waals surface area contributed by atoms with Gasteiger partial charge in [0, 0.05) is 65.0 Å². The number of fused-ring (bicyclic) bond motifs is 6. The van der Waals surface area contributed by atoms with Gasteiger partial charge in [-0.3, -0.25) is 19.6 Å². The first kappa shape index (κ1) is 35.0. The van der Waals surface area contributed by atoms with Gasteiger partial charge in [-0.2, -0.15) is 0 Å². The lowest BCUT2D eigenvalue weighted by molar-refractivity contribution is -0.151. The van der Waals surface area contributed by atoms with Gasteiger partial charge in [0.2, 0.25) is 5.91 Å². The molecule has 3 aliphatic rings. The molecule has 2 aliphatic heterocycles. The van der Waals surface area contributed by atoms with Gasteiger partial charge in [-0.05, 0) is 62.4 Å². The van der Waals surface area contributed by atoms with Crippen LogP contribution < -0.4 is 10.7 Å². The van der Waals surface area contributed by atoms with E-state index in [2.05, 4.69) is 60.3 Å². The number of carbonyl (C=O) groups is 3. The molecule has 11 nitrogen and oxygen atoms in total. The number of amides is 2. The molecule has 5 heterocycles. The summed E-state index contributed by atoms with van der Waals surface area (Å²) in [5, 5.41) is 8.26. The second kappa shape index (κ2) is 14.0. The second-order valence-corrected chi connectivity index (χ2v) is 15.7. The van der Waals surface area contributed by atoms with Crippen molar-refractivity contribution in [3.05, 3.63) is 70.3 Å². The predicted molar refractivity (Wildman–Crippen MR) is 197 cm³/mol. The van der Waals surface area contributed by atoms with Crippen LogP contribution in [0.4, 0.5) is 0 Å². The Balaban J connectivity index is 1.36. The Kier molecular flexibility index (Phi) is 9.59. The average Bonchev–Trinajstić information content (AvgIpc) is 3.56. The van der Waals surface area contributed by atoms with E-state index in [1.807, 2.05) is 25.3 Å². The van der Waals surface area contributed by atoms with Gasteiger partial charge in [0.15, 0.2) is 0 Å². The summed E-state index contributed by atoms with van der Waals surface area (Å²) in [4.78, 5) is 50.4. The van der Waals surface area contributed by atoms with Gasteiger partial charge >= 0.3 is 5.97 Å². The van der Waals surface area contributed by atoms with Crippen LogP contribution in [0.2, 0.25) is 0 Å². The number of nitrogens with zero attached hydrogens (tertiary/aromatic N) is 4. The van der Waals surface area contributed by atoms with Crippen molar-refractivity contribution >= 4 is 40.0 Å².